The van der Waals surface area contributed by atoms with E-state index in [1.807, 2.05) is 6.07 Å². The largest absolute Gasteiger partial charge is 0.507 e. The second-order valence-electron chi connectivity index (χ2n) is 3.38. The molecule has 1 aromatic carbocycles. The number of phenols is 1. The third-order valence-corrected chi connectivity index (χ3v) is 2.69. The molecule has 1 aromatic rings. The normalized spacial score (nSPS) is 10.6. The van der Waals surface area contributed by atoms with E-state index in [0.717, 1.165) is 0 Å². The molecule has 5 heteroatoms. The van der Waals surface area contributed by atoms with Gasteiger partial charge in [0.1, 0.15) is 17.4 Å². The van der Waals surface area contributed by atoms with Crippen molar-refractivity contribution in [2.75, 3.05) is 6.54 Å². The molecule has 1 amide bonds. The van der Waals surface area contributed by atoms with Crippen LogP contribution in [0.5, 0.6) is 5.75 Å². The minimum absolute atomic E-state index is 0.00515. The van der Waals surface area contributed by atoms with E-state index in [2.05, 4.69) is 27.8 Å². The predicted octanol–water partition coefficient (Wildman–Crippen LogP) is 2.36. The molecule has 2 N–H and O–H groups in total. The van der Waals surface area contributed by atoms with Gasteiger partial charge in [0.05, 0.1) is 4.47 Å². The Kier molecular flexibility index (Phi) is 5.15. The second-order valence-corrected chi connectivity index (χ2v) is 4.23. The number of carbonyl (C=O) groups is 1. The highest BCUT2D eigenvalue weighted by Crippen LogP contribution is 2.25. The maximum absolute atomic E-state index is 11.6. The zero-order valence-electron chi connectivity index (χ0n) is 9.48. The number of hydrogen-bond donors (Lipinski definition) is 2. The maximum atomic E-state index is 11.6. The summed E-state index contributed by atoms with van der Waals surface area (Å²) in [5.74, 6) is -0.358. The number of phenolic OH excluding ortho intramolecular Hbond substituents is 1. The van der Waals surface area contributed by atoms with E-state index in [9.17, 15) is 9.90 Å². The van der Waals surface area contributed by atoms with Gasteiger partial charge in [0, 0.05) is 6.54 Å². The molecule has 0 saturated heterocycles. The van der Waals surface area contributed by atoms with Crippen molar-refractivity contribution in [3.63, 3.8) is 0 Å². The first-order chi connectivity index (χ1) is 8.58. The molecule has 0 radical (unpaired) electrons. The first kappa shape index (κ1) is 14.0. The molecule has 0 saturated carbocycles. The third-order valence-electron chi connectivity index (χ3n) is 2.05. The van der Waals surface area contributed by atoms with Gasteiger partial charge in [-0.25, -0.2) is 0 Å². The maximum Gasteiger partial charge on any atom is 0.262 e. The molecule has 4 nitrogen and oxygen atoms in total. The monoisotopic (exact) mass is 306 g/mol. The van der Waals surface area contributed by atoms with Crippen LogP contribution in [-0.2, 0) is 4.79 Å². The fraction of sp³-hybridized carbons (Fsp3) is 0.0769. The molecule has 92 valence electrons. The standard InChI is InChI=1S/C13H11BrN2O2/c1-2-5-16-13(18)10(8-15)6-9-3-4-12(17)11(14)7-9/h2-4,6-7,17H,1,5H2,(H,16,18)/b10-6-. The lowest BCUT2D eigenvalue weighted by Gasteiger charge is -2.02. The van der Waals surface area contributed by atoms with Gasteiger partial charge in [-0.2, -0.15) is 5.26 Å². The van der Waals surface area contributed by atoms with Crippen molar-refractivity contribution < 1.29 is 9.90 Å². The Morgan fingerprint density at radius 3 is 2.89 bits per heavy atom. The SMILES string of the molecule is C=CCNC(=O)/C(C#N)=C\c1ccc(O)c(Br)c1. The van der Waals surface area contributed by atoms with Crippen LogP contribution in [0.2, 0.25) is 0 Å². The van der Waals surface area contributed by atoms with Crippen LogP contribution in [0.25, 0.3) is 6.08 Å². The number of nitriles is 1. The number of hydrogen-bond acceptors (Lipinski definition) is 3. The zero-order chi connectivity index (χ0) is 13.5. The van der Waals surface area contributed by atoms with Crippen LogP contribution in [0.4, 0.5) is 0 Å². The van der Waals surface area contributed by atoms with Crippen LogP contribution in [0, 0.1) is 11.3 Å². The fourth-order valence-electron chi connectivity index (χ4n) is 1.19. The average Bonchev–Trinajstić information content (AvgIpc) is 2.37. The number of carbonyl (C=O) groups excluding carboxylic acids is 1. The van der Waals surface area contributed by atoms with Crippen molar-refractivity contribution in [1.29, 1.82) is 5.26 Å². The first-order valence-electron chi connectivity index (χ1n) is 5.08. The number of amides is 1. The number of aromatic hydroxyl groups is 1. The number of nitrogens with zero attached hydrogens (tertiary/aromatic N) is 1. The van der Waals surface area contributed by atoms with Gasteiger partial charge in [0.2, 0.25) is 0 Å². The average molecular weight is 307 g/mol. The smallest absolute Gasteiger partial charge is 0.262 e. The molecule has 0 aliphatic carbocycles. The summed E-state index contributed by atoms with van der Waals surface area (Å²) >= 11 is 3.16. The summed E-state index contributed by atoms with van der Waals surface area (Å²) in [7, 11) is 0. The molecule has 0 bridgehead atoms. The summed E-state index contributed by atoms with van der Waals surface area (Å²) in [5, 5.41) is 20.8. The quantitative estimate of drug-likeness (QED) is 0.509. The van der Waals surface area contributed by atoms with E-state index in [1.165, 1.54) is 18.2 Å². The van der Waals surface area contributed by atoms with Crippen molar-refractivity contribution in [3.05, 3.63) is 46.5 Å². The molecule has 0 aromatic heterocycles. The molecular formula is C13H11BrN2O2. The van der Waals surface area contributed by atoms with Gasteiger partial charge in [-0.3, -0.25) is 4.79 Å². The van der Waals surface area contributed by atoms with Gasteiger partial charge in [-0.05, 0) is 39.7 Å². The van der Waals surface area contributed by atoms with Gasteiger partial charge in [0.25, 0.3) is 5.91 Å². The van der Waals surface area contributed by atoms with E-state index in [0.29, 0.717) is 16.6 Å². The summed E-state index contributed by atoms with van der Waals surface area (Å²) < 4.78 is 0.500. The number of benzene rings is 1. The van der Waals surface area contributed by atoms with Crippen LogP contribution in [-0.4, -0.2) is 17.6 Å². The number of nitrogens with one attached hydrogen (secondary N) is 1. The van der Waals surface area contributed by atoms with Gasteiger partial charge < -0.3 is 10.4 Å². The van der Waals surface area contributed by atoms with Gasteiger partial charge in [-0.1, -0.05) is 12.1 Å². The van der Waals surface area contributed by atoms with E-state index in [4.69, 9.17) is 5.26 Å². The Hall–Kier alpha value is -2.06. The highest BCUT2D eigenvalue weighted by molar-refractivity contribution is 9.10. The lowest BCUT2D eigenvalue weighted by atomic mass is 10.1. The fourth-order valence-corrected chi connectivity index (χ4v) is 1.58. The summed E-state index contributed by atoms with van der Waals surface area (Å²) in [6, 6.07) is 6.54. The topological polar surface area (TPSA) is 73.1 Å². The summed E-state index contributed by atoms with van der Waals surface area (Å²) in [5.41, 5.74) is 0.638. The van der Waals surface area contributed by atoms with E-state index in [-0.39, 0.29) is 11.3 Å². The minimum Gasteiger partial charge on any atom is -0.507 e. The zero-order valence-corrected chi connectivity index (χ0v) is 11.1. The minimum atomic E-state index is -0.457. The molecule has 0 fully saturated rings. The first-order valence-corrected chi connectivity index (χ1v) is 5.87. The Labute approximate surface area is 113 Å². The molecule has 18 heavy (non-hydrogen) atoms. The van der Waals surface area contributed by atoms with Crippen LogP contribution in [0.15, 0.2) is 40.9 Å². The van der Waals surface area contributed by atoms with Crippen molar-refractivity contribution in [2.45, 2.75) is 0 Å². The highest BCUT2D eigenvalue weighted by atomic mass is 79.9. The Balaban J connectivity index is 2.97. The van der Waals surface area contributed by atoms with Crippen LogP contribution < -0.4 is 5.32 Å². The van der Waals surface area contributed by atoms with Crippen LogP contribution in [0.1, 0.15) is 5.56 Å². The predicted molar refractivity (Wildman–Crippen MR) is 72.6 cm³/mol. The van der Waals surface area contributed by atoms with E-state index >= 15 is 0 Å². The third kappa shape index (κ3) is 3.75. The molecule has 0 spiro atoms. The second kappa shape index (κ2) is 6.62. The van der Waals surface area contributed by atoms with Crippen molar-refractivity contribution in [1.82, 2.24) is 5.32 Å². The van der Waals surface area contributed by atoms with Gasteiger partial charge in [-0.15, -0.1) is 6.58 Å². The van der Waals surface area contributed by atoms with E-state index in [1.54, 1.807) is 12.1 Å². The summed E-state index contributed by atoms with van der Waals surface area (Å²) in [4.78, 5) is 11.6. The van der Waals surface area contributed by atoms with E-state index < -0.39 is 5.91 Å². The van der Waals surface area contributed by atoms with Crippen molar-refractivity contribution in [2.24, 2.45) is 0 Å². The molecular weight excluding hydrogens is 296 g/mol. The molecule has 0 unspecified atom stereocenters. The Bertz CT molecular complexity index is 544. The Morgan fingerprint density at radius 2 is 2.33 bits per heavy atom. The molecule has 1 rings (SSSR count). The number of rotatable bonds is 4. The van der Waals surface area contributed by atoms with Crippen molar-refractivity contribution in [3.8, 4) is 11.8 Å². The lowest BCUT2D eigenvalue weighted by molar-refractivity contribution is -0.116. The molecule has 0 aliphatic rings. The molecule has 0 atom stereocenters. The summed E-state index contributed by atoms with van der Waals surface area (Å²) in [6.45, 7) is 3.77. The Morgan fingerprint density at radius 1 is 1.61 bits per heavy atom. The van der Waals surface area contributed by atoms with Crippen LogP contribution in [0.3, 0.4) is 0 Å². The summed E-state index contributed by atoms with van der Waals surface area (Å²) in [6.07, 6.45) is 2.98. The number of halogens is 1. The van der Waals surface area contributed by atoms with Crippen LogP contribution >= 0.6 is 15.9 Å². The van der Waals surface area contributed by atoms with Gasteiger partial charge >= 0.3 is 0 Å². The highest BCUT2D eigenvalue weighted by Gasteiger charge is 2.08. The van der Waals surface area contributed by atoms with Gasteiger partial charge in [0.15, 0.2) is 0 Å². The van der Waals surface area contributed by atoms with Crippen molar-refractivity contribution >= 4 is 27.9 Å². The molecule has 0 heterocycles. The lowest BCUT2D eigenvalue weighted by Crippen LogP contribution is -2.24. The molecule has 0 aliphatic heterocycles.